The van der Waals surface area contributed by atoms with Crippen molar-refractivity contribution >= 4 is 9.84 Å². The molecule has 1 saturated heterocycles. The van der Waals surface area contributed by atoms with Crippen molar-refractivity contribution < 1.29 is 13.2 Å². The van der Waals surface area contributed by atoms with Crippen LogP contribution in [0.15, 0.2) is 0 Å². The fourth-order valence-electron chi connectivity index (χ4n) is 2.46. The summed E-state index contributed by atoms with van der Waals surface area (Å²) in [5, 5.41) is 3.52. The maximum atomic E-state index is 11.0. The van der Waals surface area contributed by atoms with Gasteiger partial charge in [-0.05, 0) is 32.6 Å². The highest BCUT2D eigenvalue weighted by Crippen LogP contribution is 2.22. The van der Waals surface area contributed by atoms with Crippen molar-refractivity contribution in [3.8, 4) is 0 Å². The molecule has 4 atom stereocenters. The largest absolute Gasteiger partial charge is 0.376 e. The van der Waals surface area contributed by atoms with Crippen LogP contribution in [0.25, 0.3) is 0 Å². The summed E-state index contributed by atoms with van der Waals surface area (Å²) in [5.74, 6) is 0.812. The van der Waals surface area contributed by atoms with Crippen LogP contribution in [0.2, 0.25) is 0 Å². The van der Waals surface area contributed by atoms with Gasteiger partial charge in [0, 0.05) is 18.3 Å². The van der Waals surface area contributed by atoms with E-state index in [9.17, 15) is 8.42 Å². The second-order valence-electron chi connectivity index (χ2n) is 5.46. The van der Waals surface area contributed by atoms with E-state index in [1.54, 1.807) is 0 Å². The summed E-state index contributed by atoms with van der Waals surface area (Å²) in [5.41, 5.74) is 0. The van der Waals surface area contributed by atoms with Crippen LogP contribution in [-0.4, -0.2) is 45.2 Å². The van der Waals surface area contributed by atoms with Crippen molar-refractivity contribution in [1.82, 2.24) is 5.32 Å². The summed E-state index contributed by atoms with van der Waals surface area (Å²) >= 11 is 0. The monoisotopic (exact) mass is 263 g/mol. The lowest BCUT2D eigenvalue weighted by atomic mass is 9.88. The zero-order chi connectivity index (χ0) is 13.1. The van der Waals surface area contributed by atoms with Crippen LogP contribution < -0.4 is 5.32 Å². The van der Waals surface area contributed by atoms with Crippen LogP contribution in [-0.2, 0) is 14.6 Å². The average Bonchev–Trinajstić information content (AvgIpc) is 2.13. The minimum absolute atomic E-state index is 0.0713. The van der Waals surface area contributed by atoms with Gasteiger partial charge in [0.1, 0.15) is 9.84 Å². The summed E-state index contributed by atoms with van der Waals surface area (Å²) < 4.78 is 27.6. The van der Waals surface area contributed by atoms with Gasteiger partial charge in [-0.3, -0.25) is 0 Å². The summed E-state index contributed by atoms with van der Waals surface area (Å²) in [6, 6.07) is 0.859. The van der Waals surface area contributed by atoms with E-state index in [1.807, 2.05) is 6.92 Å². The van der Waals surface area contributed by atoms with Crippen LogP contribution in [0.5, 0.6) is 0 Å². The average molecular weight is 263 g/mol. The third kappa shape index (κ3) is 5.84. The van der Waals surface area contributed by atoms with E-state index in [1.165, 1.54) is 12.7 Å². The maximum Gasteiger partial charge on any atom is 0.149 e. The Morgan fingerprint density at radius 3 is 2.53 bits per heavy atom. The maximum absolute atomic E-state index is 11.0. The third-order valence-electron chi connectivity index (χ3n) is 3.31. The lowest BCUT2D eigenvalue weighted by molar-refractivity contribution is 0.0290. The van der Waals surface area contributed by atoms with Crippen LogP contribution in [0.4, 0.5) is 0 Å². The number of hydrogen-bond donors (Lipinski definition) is 1. The Morgan fingerprint density at radius 2 is 2.00 bits per heavy atom. The molecule has 1 fully saturated rings. The molecule has 0 aromatic rings. The first-order valence-electron chi connectivity index (χ1n) is 6.33. The zero-order valence-corrected chi connectivity index (χ0v) is 12.1. The first-order valence-corrected chi connectivity index (χ1v) is 8.39. The highest BCUT2D eigenvalue weighted by molar-refractivity contribution is 7.90. The predicted molar refractivity (Wildman–Crippen MR) is 69.9 cm³/mol. The molecular formula is C12H25NO3S. The van der Waals surface area contributed by atoms with E-state index in [0.29, 0.717) is 24.6 Å². The van der Waals surface area contributed by atoms with Crippen LogP contribution >= 0.6 is 0 Å². The molecule has 102 valence electrons. The number of piperidine rings is 1. The Labute approximate surface area is 105 Å². The number of nitrogens with one attached hydrogen (secondary N) is 1. The third-order valence-corrected chi connectivity index (χ3v) is 4.22. The Kier molecular flexibility index (Phi) is 5.41. The molecule has 1 heterocycles. The first kappa shape index (κ1) is 14.9. The SMILES string of the molecule is C[C@H]1CC([C@@H](C)OCCS(C)(=O)=O)N[C@H](C)C1. The second-order valence-corrected chi connectivity index (χ2v) is 7.72. The molecule has 1 aliphatic rings. The second kappa shape index (κ2) is 6.16. The van der Waals surface area contributed by atoms with E-state index in [0.717, 1.165) is 6.42 Å². The number of rotatable bonds is 5. The van der Waals surface area contributed by atoms with Gasteiger partial charge in [-0.25, -0.2) is 8.42 Å². The van der Waals surface area contributed by atoms with Crippen molar-refractivity contribution in [3.05, 3.63) is 0 Å². The fraction of sp³-hybridized carbons (Fsp3) is 1.00. The van der Waals surface area contributed by atoms with E-state index < -0.39 is 9.84 Å². The molecule has 5 heteroatoms. The van der Waals surface area contributed by atoms with Crippen molar-refractivity contribution in [1.29, 1.82) is 0 Å². The molecule has 4 nitrogen and oxygen atoms in total. The molecule has 0 aliphatic carbocycles. The van der Waals surface area contributed by atoms with E-state index in [4.69, 9.17) is 4.74 Å². The van der Waals surface area contributed by atoms with Gasteiger partial charge in [-0.1, -0.05) is 6.92 Å². The molecular weight excluding hydrogens is 238 g/mol. The van der Waals surface area contributed by atoms with E-state index >= 15 is 0 Å². The summed E-state index contributed by atoms with van der Waals surface area (Å²) in [4.78, 5) is 0. The minimum Gasteiger partial charge on any atom is -0.376 e. The van der Waals surface area contributed by atoms with Gasteiger partial charge >= 0.3 is 0 Å². The van der Waals surface area contributed by atoms with Gasteiger partial charge in [-0.2, -0.15) is 0 Å². The summed E-state index contributed by atoms with van der Waals surface area (Å²) in [7, 11) is -2.92. The Morgan fingerprint density at radius 1 is 1.35 bits per heavy atom. The van der Waals surface area contributed by atoms with Crippen LogP contribution in [0, 0.1) is 5.92 Å². The van der Waals surface area contributed by atoms with E-state index in [-0.39, 0.29) is 11.9 Å². The molecule has 0 saturated carbocycles. The van der Waals surface area contributed by atoms with Gasteiger partial charge in [0.15, 0.2) is 0 Å². The Bertz CT molecular complexity index is 319. The van der Waals surface area contributed by atoms with Crippen LogP contribution in [0.1, 0.15) is 33.6 Å². The molecule has 0 amide bonds. The quantitative estimate of drug-likeness (QED) is 0.810. The lowest BCUT2D eigenvalue weighted by Gasteiger charge is -2.36. The number of hydrogen-bond acceptors (Lipinski definition) is 4. The molecule has 0 aromatic carbocycles. The topological polar surface area (TPSA) is 55.4 Å². The molecule has 0 spiro atoms. The lowest BCUT2D eigenvalue weighted by Crippen LogP contribution is -2.49. The van der Waals surface area contributed by atoms with Crippen molar-refractivity contribution in [2.45, 2.75) is 51.8 Å². The Hall–Kier alpha value is -0.130. The molecule has 17 heavy (non-hydrogen) atoms. The molecule has 0 aromatic heterocycles. The molecule has 0 bridgehead atoms. The number of sulfone groups is 1. The van der Waals surface area contributed by atoms with E-state index in [2.05, 4.69) is 19.2 Å². The molecule has 1 aliphatic heterocycles. The summed E-state index contributed by atoms with van der Waals surface area (Å²) in [6.07, 6.45) is 3.61. The fourth-order valence-corrected chi connectivity index (χ4v) is 2.86. The normalized spacial score (nSPS) is 32.4. The van der Waals surface area contributed by atoms with Gasteiger partial charge in [0.2, 0.25) is 0 Å². The van der Waals surface area contributed by atoms with Gasteiger partial charge in [0.25, 0.3) is 0 Å². The first-order chi connectivity index (χ1) is 7.78. The number of ether oxygens (including phenoxy) is 1. The Balaban J connectivity index is 2.34. The molecule has 1 rings (SSSR count). The standard InChI is InChI=1S/C12H25NO3S/c1-9-7-10(2)13-12(8-9)11(3)16-5-6-17(4,14)15/h9-13H,5-8H2,1-4H3/t9-,10-,11-,12?/m1/s1. The van der Waals surface area contributed by atoms with Crippen LogP contribution in [0.3, 0.4) is 0 Å². The summed E-state index contributed by atoms with van der Waals surface area (Å²) in [6.45, 7) is 6.76. The smallest absolute Gasteiger partial charge is 0.149 e. The van der Waals surface area contributed by atoms with Gasteiger partial charge in [-0.15, -0.1) is 0 Å². The van der Waals surface area contributed by atoms with Crippen molar-refractivity contribution in [2.75, 3.05) is 18.6 Å². The molecule has 1 unspecified atom stereocenters. The highest BCUT2D eigenvalue weighted by Gasteiger charge is 2.27. The molecule has 1 N–H and O–H groups in total. The van der Waals surface area contributed by atoms with Gasteiger partial charge in [0.05, 0.1) is 18.5 Å². The molecule has 0 radical (unpaired) electrons. The predicted octanol–water partition coefficient (Wildman–Crippen LogP) is 1.21. The van der Waals surface area contributed by atoms with Crippen molar-refractivity contribution in [3.63, 3.8) is 0 Å². The minimum atomic E-state index is -2.92. The zero-order valence-electron chi connectivity index (χ0n) is 11.3. The highest BCUT2D eigenvalue weighted by atomic mass is 32.2. The van der Waals surface area contributed by atoms with Gasteiger partial charge < -0.3 is 10.1 Å². The van der Waals surface area contributed by atoms with Crippen molar-refractivity contribution in [2.24, 2.45) is 5.92 Å².